The van der Waals surface area contributed by atoms with Crippen LogP contribution in [0.2, 0.25) is 5.82 Å². The third kappa shape index (κ3) is 4.27. The number of rotatable bonds is 3. The summed E-state index contributed by atoms with van der Waals surface area (Å²) in [6.07, 6.45) is -0.481. The van der Waals surface area contributed by atoms with E-state index in [1.54, 1.807) is 6.07 Å². The molecule has 0 saturated heterocycles. The molecule has 0 N–H and O–H groups in total. The second-order valence-corrected chi connectivity index (χ2v) is 5.06. The number of hydrogen-bond acceptors (Lipinski definition) is 1. The Balaban J connectivity index is 1.92. The topological polar surface area (TPSA) is 9.23 Å². The Morgan fingerprint density at radius 1 is 1.26 bits per heavy atom. The average molecular weight is 268 g/mol. The van der Waals surface area contributed by atoms with Crippen molar-refractivity contribution >= 4 is 7.85 Å². The van der Waals surface area contributed by atoms with Gasteiger partial charge in [-0.05, 0) is 30.5 Å². The molecule has 0 spiro atoms. The molecule has 1 aliphatic carbocycles. The van der Waals surface area contributed by atoms with Gasteiger partial charge in [0, 0.05) is 0 Å². The first-order valence-corrected chi connectivity index (χ1v) is 6.48. The van der Waals surface area contributed by atoms with Crippen LogP contribution in [0.3, 0.4) is 0 Å². The number of ether oxygens (including phenoxy) is 1. The minimum absolute atomic E-state index is 0.0679. The van der Waals surface area contributed by atoms with Gasteiger partial charge in [-0.2, -0.15) is 13.2 Å². The molecular formula is C14H16BF3O. The van der Waals surface area contributed by atoms with Gasteiger partial charge in [-0.3, -0.25) is 0 Å². The summed E-state index contributed by atoms with van der Waals surface area (Å²) >= 11 is 0. The predicted molar refractivity (Wildman–Crippen MR) is 68.0 cm³/mol. The van der Waals surface area contributed by atoms with Crippen LogP contribution in [0.4, 0.5) is 13.2 Å². The van der Waals surface area contributed by atoms with E-state index in [0.29, 0.717) is 5.56 Å². The average Bonchev–Trinajstić information content (AvgIpc) is 2.36. The maximum Gasteiger partial charge on any atom is 0.416 e. The number of hydrogen-bond donors (Lipinski definition) is 0. The zero-order valence-electron chi connectivity index (χ0n) is 10.6. The standard InChI is InChI=1S/C14H16BF3O/c15-12-5-2-6-13(8-12)19-9-10-3-1-4-11(7-10)14(16,17)18/h1,3-4,7,12-13H,2,5-6,8-9H2. The van der Waals surface area contributed by atoms with Crippen LogP contribution in [0.25, 0.3) is 0 Å². The molecule has 1 fully saturated rings. The Morgan fingerprint density at radius 2 is 2.05 bits per heavy atom. The van der Waals surface area contributed by atoms with E-state index in [0.717, 1.165) is 37.8 Å². The van der Waals surface area contributed by atoms with Crippen molar-refractivity contribution < 1.29 is 17.9 Å². The normalized spacial score (nSPS) is 24.4. The van der Waals surface area contributed by atoms with Gasteiger partial charge in [-0.25, -0.2) is 0 Å². The summed E-state index contributed by atoms with van der Waals surface area (Å²) in [5, 5.41) is 0. The van der Waals surface area contributed by atoms with E-state index < -0.39 is 11.7 Å². The van der Waals surface area contributed by atoms with Crippen molar-refractivity contribution in [1.82, 2.24) is 0 Å². The van der Waals surface area contributed by atoms with Crippen molar-refractivity contribution in [2.24, 2.45) is 0 Å². The monoisotopic (exact) mass is 268 g/mol. The summed E-state index contributed by atoms with van der Waals surface area (Å²) in [7, 11) is 5.85. The lowest BCUT2D eigenvalue weighted by Gasteiger charge is -2.27. The molecule has 2 radical (unpaired) electrons. The minimum atomic E-state index is -4.30. The maximum absolute atomic E-state index is 12.6. The van der Waals surface area contributed by atoms with Gasteiger partial charge in [0.2, 0.25) is 0 Å². The zero-order chi connectivity index (χ0) is 13.9. The molecule has 19 heavy (non-hydrogen) atoms. The van der Waals surface area contributed by atoms with Crippen molar-refractivity contribution in [3.05, 3.63) is 35.4 Å². The highest BCUT2D eigenvalue weighted by Crippen LogP contribution is 2.31. The fourth-order valence-corrected chi connectivity index (χ4v) is 2.38. The number of alkyl halides is 3. The van der Waals surface area contributed by atoms with E-state index in [2.05, 4.69) is 0 Å². The fraction of sp³-hybridized carbons (Fsp3) is 0.571. The molecule has 1 aliphatic rings. The van der Waals surface area contributed by atoms with Gasteiger partial charge in [0.05, 0.1) is 26.1 Å². The Hall–Kier alpha value is -0.965. The van der Waals surface area contributed by atoms with Crippen LogP contribution in [0, 0.1) is 0 Å². The molecule has 102 valence electrons. The first kappa shape index (κ1) is 14.4. The highest BCUT2D eigenvalue weighted by molar-refractivity contribution is 6.11. The van der Waals surface area contributed by atoms with E-state index >= 15 is 0 Å². The molecule has 5 heteroatoms. The summed E-state index contributed by atoms with van der Waals surface area (Å²) in [4.78, 5) is 0. The van der Waals surface area contributed by atoms with Crippen LogP contribution in [-0.2, 0) is 17.5 Å². The fourth-order valence-electron chi connectivity index (χ4n) is 2.38. The lowest BCUT2D eigenvalue weighted by molar-refractivity contribution is -0.137. The van der Waals surface area contributed by atoms with Crippen molar-refractivity contribution in [3.63, 3.8) is 0 Å². The molecule has 1 nitrogen and oxygen atoms in total. The van der Waals surface area contributed by atoms with Gasteiger partial charge in [-0.15, -0.1) is 0 Å². The lowest BCUT2D eigenvalue weighted by Crippen LogP contribution is -2.20. The van der Waals surface area contributed by atoms with E-state index in [1.807, 2.05) is 0 Å². The Labute approximate surface area is 112 Å². The number of halogens is 3. The molecule has 0 heterocycles. The van der Waals surface area contributed by atoms with E-state index in [4.69, 9.17) is 12.6 Å². The summed E-state index contributed by atoms with van der Waals surface area (Å²) in [6.45, 7) is 0.210. The molecule has 0 aliphatic heterocycles. The van der Waals surface area contributed by atoms with Gasteiger partial charge in [-0.1, -0.05) is 30.8 Å². The van der Waals surface area contributed by atoms with E-state index in [9.17, 15) is 13.2 Å². The van der Waals surface area contributed by atoms with Crippen molar-refractivity contribution in [2.75, 3.05) is 0 Å². The number of benzene rings is 1. The summed E-state index contributed by atoms with van der Waals surface area (Å²) in [5.74, 6) is 0.153. The van der Waals surface area contributed by atoms with Crippen LogP contribution in [-0.4, -0.2) is 14.0 Å². The van der Waals surface area contributed by atoms with Crippen LogP contribution in [0.1, 0.15) is 36.8 Å². The van der Waals surface area contributed by atoms with Gasteiger partial charge in [0.15, 0.2) is 0 Å². The molecule has 1 aromatic rings. The van der Waals surface area contributed by atoms with Crippen molar-refractivity contribution in [3.8, 4) is 0 Å². The first-order valence-electron chi connectivity index (χ1n) is 6.48. The quantitative estimate of drug-likeness (QED) is 0.749. The highest BCUT2D eigenvalue weighted by Gasteiger charge is 2.30. The lowest BCUT2D eigenvalue weighted by atomic mass is 9.74. The SMILES string of the molecule is [B]C1CCCC(OCc2cccc(C(F)(F)F)c2)C1. The highest BCUT2D eigenvalue weighted by atomic mass is 19.4. The summed E-state index contributed by atoms with van der Waals surface area (Å²) < 4.78 is 43.3. The van der Waals surface area contributed by atoms with Crippen LogP contribution < -0.4 is 0 Å². The molecule has 0 bridgehead atoms. The molecule has 1 saturated carbocycles. The predicted octanol–water partition coefficient (Wildman–Crippen LogP) is 4.12. The van der Waals surface area contributed by atoms with Crippen molar-refractivity contribution in [2.45, 2.75) is 50.4 Å². The maximum atomic E-state index is 12.6. The largest absolute Gasteiger partial charge is 0.416 e. The van der Waals surface area contributed by atoms with E-state index in [-0.39, 0.29) is 18.5 Å². The molecular weight excluding hydrogens is 252 g/mol. The van der Waals surface area contributed by atoms with Gasteiger partial charge in [0.25, 0.3) is 0 Å². The van der Waals surface area contributed by atoms with Crippen molar-refractivity contribution in [1.29, 1.82) is 0 Å². The van der Waals surface area contributed by atoms with Gasteiger partial charge < -0.3 is 4.74 Å². The Kier molecular flexibility index (Phi) is 4.56. The summed E-state index contributed by atoms with van der Waals surface area (Å²) in [6, 6.07) is 5.27. The minimum Gasteiger partial charge on any atom is -0.374 e. The van der Waals surface area contributed by atoms with E-state index in [1.165, 1.54) is 6.07 Å². The first-order chi connectivity index (χ1) is 8.95. The second-order valence-electron chi connectivity index (χ2n) is 5.06. The molecule has 2 atom stereocenters. The van der Waals surface area contributed by atoms with Gasteiger partial charge >= 0.3 is 6.18 Å². The summed E-state index contributed by atoms with van der Waals surface area (Å²) in [5.41, 5.74) is -0.0806. The van der Waals surface area contributed by atoms with Crippen LogP contribution in [0.5, 0.6) is 0 Å². The molecule has 1 aromatic carbocycles. The van der Waals surface area contributed by atoms with Crippen LogP contribution in [0.15, 0.2) is 24.3 Å². The second kappa shape index (κ2) is 5.99. The zero-order valence-corrected chi connectivity index (χ0v) is 10.6. The molecule has 0 aromatic heterocycles. The Morgan fingerprint density at radius 3 is 2.74 bits per heavy atom. The third-order valence-electron chi connectivity index (χ3n) is 3.41. The third-order valence-corrected chi connectivity index (χ3v) is 3.41. The smallest absolute Gasteiger partial charge is 0.374 e. The molecule has 2 unspecified atom stereocenters. The Bertz CT molecular complexity index is 419. The molecule has 0 amide bonds. The van der Waals surface area contributed by atoms with Crippen LogP contribution >= 0.6 is 0 Å². The molecule has 2 rings (SSSR count). The van der Waals surface area contributed by atoms with Gasteiger partial charge in [0.1, 0.15) is 0 Å².